The Balaban J connectivity index is 2.12. The number of pyridine rings is 1. The fourth-order valence-electron chi connectivity index (χ4n) is 1.43. The third-order valence-corrected chi connectivity index (χ3v) is 2.41. The van der Waals surface area contributed by atoms with Crippen LogP contribution >= 0.6 is 11.6 Å². The minimum Gasteiger partial charge on any atom is -0.444 e. The van der Waals surface area contributed by atoms with Gasteiger partial charge in [0.05, 0.1) is 23.1 Å². The monoisotopic (exact) mass is 295 g/mol. The lowest BCUT2D eigenvalue weighted by molar-refractivity contribution is 0.0636. The summed E-state index contributed by atoms with van der Waals surface area (Å²) in [6, 6.07) is 1.55. The van der Waals surface area contributed by atoms with Crippen molar-refractivity contribution in [2.45, 2.75) is 26.4 Å². The molecule has 20 heavy (non-hydrogen) atoms. The van der Waals surface area contributed by atoms with Gasteiger partial charge in [-0.2, -0.15) is 0 Å². The number of nitrogens with zero attached hydrogens (tertiary/aromatic N) is 2. The molecule has 0 aromatic carbocycles. The van der Waals surface area contributed by atoms with Crippen molar-refractivity contribution in [2.75, 3.05) is 5.32 Å². The lowest BCUT2D eigenvalue weighted by Gasteiger charge is -2.19. The Morgan fingerprint density at radius 1 is 1.40 bits per heavy atom. The molecule has 2 aromatic rings. The van der Waals surface area contributed by atoms with Crippen molar-refractivity contribution in [3.8, 4) is 11.6 Å². The van der Waals surface area contributed by atoms with E-state index in [1.807, 2.05) is 0 Å². The summed E-state index contributed by atoms with van der Waals surface area (Å²) in [5.41, 5.74) is 0.269. The zero-order chi connectivity index (χ0) is 14.8. The molecule has 7 heteroatoms. The molecule has 0 saturated carbocycles. The molecule has 1 N–H and O–H groups in total. The second-order valence-electron chi connectivity index (χ2n) is 5.02. The maximum absolute atomic E-state index is 11.6. The highest BCUT2D eigenvalue weighted by Gasteiger charge is 2.17. The van der Waals surface area contributed by atoms with E-state index in [9.17, 15) is 4.79 Å². The highest BCUT2D eigenvalue weighted by Crippen LogP contribution is 2.26. The summed E-state index contributed by atoms with van der Waals surface area (Å²) in [5, 5.41) is 2.87. The number of carbonyl (C=O) groups is 1. The second kappa shape index (κ2) is 5.50. The molecule has 0 radical (unpaired) electrons. The van der Waals surface area contributed by atoms with Crippen molar-refractivity contribution in [1.82, 2.24) is 9.97 Å². The van der Waals surface area contributed by atoms with Crippen LogP contribution in [0.4, 0.5) is 10.5 Å². The largest absolute Gasteiger partial charge is 0.444 e. The fraction of sp³-hybridized carbons (Fsp3) is 0.308. The van der Waals surface area contributed by atoms with Gasteiger partial charge in [0.25, 0.3) is 0 Å². The van der Waals surface area contributed by atoms with Crippen molar-refractivity contribution in [1.29, 1.82) is 0 Å². The molecule has 2 rings (SSSR count). The van der Waals surface area contributed by atoms with Crippen LogP contribution in [0, 0.1) is 0 Å². The molecular formula is C13H14ClN3O3. The number of ether oxygens (including phenoxy) is 1. The molecule has 6 nitrogen and oxygen atoms in total. The highest BCUT2D eigenvalue weighted by atomic mass is 35.5. The molecule has 106 valence electrons. The predicted octanol–water partition coefficient (Wildman–Crippen LogP) is 3.74. The molecule has 0 saturated heterocycles. The summed E-state index contributed by atoms with van der Waals surface area (Å²) in [4.78, 5) is 19.7. The Labute approximate surface area is 121 Å². The van der Waals surface area contributed by atoms with Gasteiger partial charge >= 0.3 is 6.09 Å². The van der Waals surface area contributed by atoms with Gasteiger partial charge in [-0.05, 0) is 26.8 Å². The van der Waals surface area contributed by atoms with Crippen molar-refractivity contribution < 1.29 is 13.9 Å². The van der Waals surface area contributed by atoms with Crippen molar-refractivity contribution >= 4 is 23.4 Å². The second-order valence-corrected chi connectivity index (χ2v) is 5.43. The number of nitrogens with one attached hydrogen (secondary N) is 1. The first-order valence-corrected chi connectivity index (χ1v) is 6.28. The van der Waals surface area contributed by atoms with Gasteiger partial charge in [0.15, 0.2) is 0 Å². The maximum Gasteiger partial charge on any atom is 0.412 e. The van der Waals surface area contributed by atoms with E-state index in [2.05, 4.69) is 15.3 Å². The van der Waals surface area contributed by atoms with Crippen LogP contribution in [0.2, 0.25) is 5.02 Å². The van der Waals surface area contributed by atoms with Gasteiger partial charge < -0.3 is 9.15 Å². The Bertz CT molecular complexity index is 606. The van der Waals surface area contributed by atoms with Crippen LogP contribution in [-0.4, -0.2) is 21.7 Å². The Hall–Kier alpha value is -2.08. The maximum atomic E-state index is 11.6. The minimum atomic E-state index is -0.570. The number of oxazole rings is 1. The summed E-state index contributed by atoms with van der Waals surface area (Å²) in [5.74, 6) is 0.318. The van der Waals surface area contributed by atoms with E-state index in [0.29, 0.717) is 22.3 Å². The summed E-state index contributed by atoms with van der Waals surface area (Å²) in [6.45, 7) is 5.34. The van der Waals surface area contributed by atoms with Crippen LogP contribution in [0.25, 0.3) is 11.6 Å². The van der Waals surface area contributed by atoms with Gasteiger partial charge in [0.1, 0.15) is 17.6 Å². The average molecular weight is 296 g/mol. The summed E-state index contributed by atoms with van der Waals surface area (Å²) >= 11 is 6.08. The Morgan fingerprint density at radius 3 is 2.70 bits per heavy atom. The molecule has 0 unspecified atom stereocenters. The summed E-state index contributed by atoms with van der Waals surface area (Å²) in [7, 11) is 0. The number of halogens is 1. The van der Waals surface area contributed by atoms with Crippen LogP contribution in [0.5, 0.6) is 0 Å². The van der Waals surface area contributed by atoms with Gasteiger partial charge in [-0.3, -0.25) is 5.32 Å². The smallest absolute Gasteiger partial charge is 0.412 e. The molecule has 2 aromatic heterocycles. The zero-order valence-corrected chi connectivity index (χ0v) is 12.1. The van der Waals surface area contributed by atoms with E-state index in [1.54, 1.807) is 26.8 Å². The van der Waals surface area contributed by atoms with Crippen LogP contribution in [0.1, 0.15) is 20.8 Å². The topological polar surface area (TPSA) is 77.2 Å². The molecule has 1 amide bonds. The molecule has 0 spiro atoms. The Morgan fingerprint density at radius 2 is 2.15 bits per heavy atom. The number of carbonyl (C=O) groups excluding carboxylic acids is 1. The molecule has 2 heterocycles. The third kappa shape index (κ3) is 3.71. The molecule has 0 fully saturated rings. The number of amides is 1. The summed E-state index contributed by atoms with van der Waals surface area (Å²) < 4.78 is 10.2. The van der Waals surface area contributed by atoms with Crippen LogP contribution in [-0.2, 0) is 4.74 Å². The number of aromatic nitrogens is 2. The van der Waals surface area contributed by atoms with E-state index >= 15 is 0 Å². The van der Waals surface area contributed by atoms with Crippen LogP contribution in [0.15, 0.2) is 29.1 Å². The van der Waals surface area contributed by atoms with Gasteiger partial charge in [-0.1, -0.05) is 11.6 Å². The third-order valence-electron chi connectivity index (χ3n) is 2.12. The van der Waals surface area contributed by atoms with Gasteiger partial charge in [-0.15, -0.1) is 0 Å². The van der Waals surface area contributed by atoms with E-state index in [0.717, 1.165) is 0 Å². The number of rotatable bonds is 2. The zero-order valence-electron chi connectivity index (χ0n) is 11.3. The van der Waals surface area contributed by atoms with Gasteiger partial charge in [0, 0.05) is 0 Å². The molecule has 0 aliphatic carbocycles. The highest BCUT2D eigenvalue weighted by molar-refractivity contribution is 6.33. The minimum absolute atomic E-state index is 0.318. The van der Waals surface area contributed by atoms with E-state index in [1.165, 1.54) is 18.7 Å². The molecule has 0 bridgehead atoms. The number of anilines is 1. The molecule has 0 aliphatic heterocycles. The normalized spacial score (nSPS) is 11.2. The Kier molecular flexibility index (Phi) is 3.94. The molecule has 0 aliphatic rings. The standard InChI is InChI=1S/C13H14ClN3O3/c1-13(2,3)20-12(18)17-8-6-9(14)10(16-7-8)11-15-4-5-19-11/h4-7H,1-3H3,(H,17,18). The lowest BCUT2D eigenvalue weighted by atomic mass is 10.2. The molecular weight excluding hydrogens is 282 g/mol. The van der Waals surface area contributed by atoms with Crippen molar-refractivity contribution in [3.05, 3.63) is 29.7 Å². The van der Waals surface area contributed by atoms with Gasteiger partial charge in [-0.25, -0.2) is 14.8 Å². The van der Waals surface area contributed by atoms with E-state index in [-0.39, 0.29) is 0 Å². The first-order chi connectivity index (χ1) is 9.35. The molecule has 0 atom stereocenters. The number of hydrogen-bond acceptors (Lipinski definition) is 5. The quantitative estimate of drug-likeness (QED) is 0.913. The predicted molar refractivity (Wildman–Crippen MR) is 74.6 cm³/mol. The lowest BCUT2D eigenvalue weighted by Crippen LogP contribution is -2.27. The number of hydrogen-bond donors (Lipinski definition) is 1. The van der Waals surface area contributed by atoms with Crippen LogP contribution in [0.3, 0.4) is 0 Å². The SMILES string of the molecule is CC(C)(C)OC(=O)Nc1cnc(-c2ncco2)c(Cl)c1. The van der Waals surface area contributed by atoms with E-state index < -0.39 is 11.7 Å². The summed E-state index contributed by atoms with van der Waals surface area (Å²) in [6.07, 6.45) is 3.81. The fourth-order valence-corrected chi connectivity index (χ4v) is 1.67. The van der Waals surface area contributed by atoms with Crippen molar-refractivity contribution in [3.63, 3.8) is 0 Å². The van der Waals surface area contributed by atoms with Gasteiger partial charge in [0.2, 0.25) is 5.89 Å². The van der Waals surface area contributed by atoms with Crippen LogP contribution < -0.4 is 5.32 Å². The van der Waals surface area contributed by atoms with E-state index in [4.69, 9.17) is 20.8 Å². The first kappa shape index (κ1) is 14.3. The van der Waals surface area contributed by atoms with Crippen molar-refractivity contribution in [2.24, 2.45) is 0 Å². The first-order valence-electron chi connectivity index (χ1n) is 5.90. The average Bonchev–Trinajstić information content (AvgIpc) is 2.79.